The van der Waals surface area contributed by atoms with Crippen LogP contribution in [0.3, 0.4) is 0 Å². The summed E-state index contributed by atoms with van der Waals surface area (Å²) in [5, 5.41) is 13.5. The van der Waals surface area contributed by atoms with Gasteiger partial charge in [0.05, 0.1) is 47.4 Å². The summed E-state index contributed by atoms with van der Waals surface area (Å²) >= 11 is 6.49. The zero-order valence-corrected chi connectivity index (χ0v) is 20.1. The fourth-order valence-electron chi connectivity index (χ4n) is 4.20. The number of methoxy groups -OCH3 is 1. The lowest BCUT2D eigenvalue weighted by Crippen LogP contribution is -2.47. The number of rotatable bonds is 8. The van der Waals surface area contributed by atoms with E-state index in [1.807, 2.05) is 6.07 Å². The highest BCUT2D eigenvalue weighted by Crippen LogP contribution is 2.32. The largest absolute Gasteiger partial charge is 0.439 e. The molecule has 186 valence electrons. The fourth-order valence-corrected chi connectivity index (χ4v) is 4.46. The van der Waals surface area contributed by atoms with Gasteiger partial charge in [0.2, 0.25) is 5.88 Å². The van der Waals surface area contributed by atoms with Crippen LogP contribution in [0.15, 0.2) is 55.1 Å². The van der Waals surface area contributed by atoms with Crippen molar-refractivity contribution in [3.05, 3.63) is 71.3 Å². The summed E-state index contributed by atoms with van der Waals surface area (Å²) in [5.74, 6) is 1.05. The number of hydrogen-bond acceptors (Lipinski definition) is 9. The minimum atomic E-state index is -0.294. The molecule has 0 aliphatic carbocycles. The van der Waals surface area contributed by atoms with E-state index in [-0.39, 0.29) is 35.7 Å². The van der Waals surface area contributed by atoms with Gasteiger partial charge in [-0.25, -0.2) is 15.0 Å². The molecule has 10 nitrogen and oxygen atoms in total. The molecule has 3 atom stereocenters. The van der Waals surface area contributed by atoms with Gasteiger partial charge >= 0.3 is 0 Å². The molecule has 11 heteroatoms. The molecular weight excluding hydrogens is 486 g/mol. The standard InChI is InChI=1S/C25H24ClN5O5/c1-34-20-9-15(11-32)35-12-19(20)31-25-22-17(10-28-24(22)29-13-30-25)23(33)16-6-5-14(8-18(16)26)36-21-4-2-3-7-27-21/h2-8,10,13,15,19-20,32H,9,11-12H2,1H3,(H2,28,29,30,31). The monoisotopic (exact) mass is 509 g/mol. The molecule has 3 aromatic heterocycles. The lowest BCUT2D eigenvalue weighted by molar-refractivity contribution is -0.0831. The van der Waals surface area contributed by atoms with Gasteiger partial charge in [0.25, 0.3) is 0 Å². The van der Waals surface area contributed by atoms with Crippen molar-refractivity contribution >= 4 is 34.2 Å². The summed E-state index contributed by atoms with van der Waals surface area (Å²) in [7, 11) is 1.61. The number of carbonyl (C=O) groups is 1. The van der Waals surface area contributed by atoms with Gasteiger partial charge < -0.3 is 29.6 Å². The molecule has 36 heavy (non-hydrogen) atoms. The quantitative estimate of drug-likeness (QED) is 0.305. The number of benzene rings is 1. The number of aromatic nitrogens is 4. The Balaban J connectivity index is 1.42. The Kier molecular flexibility index (Phi) is 7.10. The fraction of sp³-hybridized carbons (Fsp3) is 0.280. The summed E-state index contributed by atoms with van der Waals surface area (Å²) < 4.78 is 17.0. The molecule has 5 rings (SSSR count). The van der Waals surface area contributed by atoms with Gasteiger partial charge in [-0.1, -0.05) is 17.7 Å². The number of ether oxygens (including phenoxy) is 3. The summed E-state index contributed by atoms with van der Waals surface area (Å²) in [6.07, 6.45) is 4.66. The molecule has 0 bridgehead atoms. The number of H-pyrrole nitrogens is 1. The molecule has 3 unspecified atom stereocenters. The number of hydrogen-bond donors (Lipinski definition) is 3. The second-order valence-corrected chi connectivity index (χ2v) is 8.69. The Hall–Kier alpha value is -3.57. The van der Waals surface area contributed by atoms with Crippen molar-refractivity contribution < 1.29 is 24.1 Å². The minimum absolute atomic E-state index is 0.0761. The van der Waals surface area contributed by atoms with Crippen LogP contribution in [-0.2, 0) is 9.47 Å². The van der Waals surface area contributed by atoms with E-state index in [1.54, 1.807) is 49.8 Å². The van der Waals surface area contributed by atoms with Crippen LogP contribution in [0.4, 0.5) is 5.82 Å². The number of halogens is 1. The number of nitrogens with one attached hydrogen (secondary N) is 2. The Bertz CT molecular complexity index is 1370. The van der Waals surface area contributed by atoms with Crippen LogP contribution < -0.4 is 10.1 Å². The lowest BCUT2D eigenvalue weighted by atomic mass is 10.0. The van der Waals surface area contributed by atoms with Crippen LogP contribution in [-0.4, -0.2) is 69.4 Å². The number of nitrogens with zero attached hydrogens (tertiary/aromatic N) is 3. The van der Waals surface area contributed by atoms with Gasteiger partial charge in [-0.15, -0.1) is 0 Å². The van der Waals surface area contributed by atoms with E-state index in [4.69, 9.17) is 25.8 Å². The van der Waals surface area contributed by atoms with Gasteiger partial charge in [0.1, 0.15) is 23.5 Å². The summed E-state index contributed by atoms with van der Waals surface area (Å²) in [4.78, 5) is 29.4. The first-order valence-electron chi connectivity index (χ1n) is 11.3. The molecule has 1 aromatic carbocycles. The molecule has 1 aliphatic heterocycles. The van der Waals surface area contributed by atoms with Crippen LogP contribution in [0.5, 0.6) is 11.6 Å². The number of aliphatic hydroxyl groups excluding tert-OH is 1. The zero-order chi connectivity index (χ0) is 25.1. The van der Waals surface area contributed by atoms with E-state index in [1.165, 1.54) is 6.33 Å². The highest BCUT2D eigenvalue weighted by molar-refractivity contribution is 6.35. The highest BCUT2D eigenvalue weighted by atomic mass is 35.5. The van der Waals surface area contributed by atoms with Gasteiger partial charge in [-0.3, -0.25) is 4.79 Å². The van der Waals surface area contributed by atoms with Gasteiger partial charge in [0, 0.05) is 43.6 Å². The third-order valence-corrected chi connectivity index (χ3v) is 6.36. The number of aromatic amines is 1. The molecule has 1 fully saturated rings. The maximum atomic E-state index is 13.5. The first-order chi connectivity index (χ1) is 17.6. The van der Waals surface area contributed by atoms with E-state index in [0.717, 1.165) is 0 Å². The molecule has 1 saturated heterocycles. The third kappa shape index (κ3) is 4.89. The van der Waals surface area contributed by atoms with Crippen LogP contribution >= 0.6 is 11.6 Å². The van der Waals surface area contributed by atoms with Crippen LogP contribution in [0, 0.1) is 0 Å². The van der Waals surface area contributed by atoms with Gasteiger partial charge in [0.15, 0.2) is 5.78 Å². The maximum Gasteiger partial charge on any atom is 0.219 e. The second-order valence-electron chi connectivity index (χ2n) is 8.29. The van der Waals surface area contributed by atoms with Crippen molar-refractivity contribution in [2.24, 2.45) is 0 Å². The SMILES string of the molecule is COC1CC(CO)OCC1Nc1ncnc2[nH]cc(C(=O)c3ccc(Oc4ccccn4)cc3Cl)c12. The summed E-state index contributed by atoms with van der Waals surface area (Å²) in [6, 6.07) is 9.95. The predicted octanol–water partition coefficient (Wildman–Crippen LogP) is 3.61. The van der Waals surface area contributed by atoms with Gasteiger partial charge in [-0.2, -0.15) is 0 Å². The number of fused-ring (bicyclic) bond motifs is 1. The van der Waals surface area contributed by atoms with Crippen molar-refractivity contribution in [1.82, 2.24) is 19.9 Å². The average molecular weight is 510 g/mol. The topological polar surface area (TPSA) is 131 Å². The molecule has 3 N–H and O–H groups in total. The molecule has 0 amide bonds. The summed E-state index contributed by atoms with van der Waals surface area (Å²) in [6.45, 7) is 0.236. The molecule has 0 radical (unpaired) electrons. The molecule has 0 spiro atoms. The summed E-state index contributed by atoms with van der Waals surface area (Å²) in [5.41, 5.74) is 1.18. The normalized spacial score (nSPS) is 19.8. The second kappa shape index (κ2) is 10.6. The number of aliphatic hydroxyl groups is 1. The minimum Gasteiger partial charge on any atom is -0.439 e. The van der Waals surface area contributed by atoms with Crippen molar-refractivity contribution in [1.29, 1.82) is 0 Å². The maximum absolute atomic E-state index is 13.5. The lowest BCUT2D eigenvalue weighted by Gasteiger charge is -2.35. The van der Waals surface area contributed by atoms with Crippen molar-refractivity contribution in [2.75, 3.05) is 25.6 Å². The van der Waals surface area contributed by atoms with E-state index >= 15 is 0 Å². The number of anilines is 1. The van der Waals surface area contributed by atoms with Gasteiger partial charge in [-0.05, 0) is 18.2 Å². The molecular formula is C25H24ClN5O5. The highest BCUT2D eigenvalue weighted by Gasteiger charge is 2.32. The van der Waals surface area contributed by atoms with Crippen LogP contribution in [0.2, 0.25) is 5.02 Å². The number of carbonyl (C=O) groups excluding carboxylic acids is 1. The van der Waals surface area contributed by atoms with Crippen LogP contribution in [0.1, 0.15) is 22.3 Å². The van der Waals surface area contributed by atoms with Crippen molar-refractivity contribution in [3.63, 3.8) is 0 Å². The Morgan fingerprint density at radius 2 is 2.14 bits per heavy atom. The Morgan fingerprint density at radius 1 is 1.25 bits per heavy atom. The van der Waals surface area contributed by atoms with Crippen molar-refractivity contribution in [3.8, 4) is 11.6 Å². The molecule has 1 aliphatic rings. The first kappa shape index (κ1) is 24.1. The number of pyridine rings is 1. The van der Waals surface area contributed by atoms with E-state index < -0.39 is 0 Å². The van der Waals surface area contributed by atoms with Crippen LogP contribution in [0.25, 0.3) is 11.0 Å². The molecule has 0 saturated carbocycles. The van der Waals surface area contributed by atoms with Crippen molar-refractivity contribution in [2.45, 2.75) is 24.7 Å². The predicted molar refractivity (Wildman–Crippen MR) is 133 cm³/mol. The Labute approximate surface area is 211 Å². The average Bonchev–Trinajstić information content (AvgIpc) is 3.34. The Morgan fingerprint density at radius 3 is 2.89 bits per heavy atom. The smallest absolute Gasteiger partial charge is 0.219 e. The number of ketones is 1. The van der Waals surface area contributed by atoms with E-state index in [2.05, 4.69) is 25.3 Å². The van der Waals surface area contributed by atoms with E-state index in [0.29, 0.717) is 52.6 Å². The third-order valence-electron chi connectivity index (χ3n) is 6.04. The zero-order valence-electron chi connectivity index (χ0n) is 19.3. The molecule has 4 aromatic rings. The first-order valence-corrected chi connectivity index (χ1v) is 11.7. The van der Waals surface area contributed by atoms with E-state index in [9.17, 15) is 9.90 Å². The molecule has 4 heterocycles.